The van der Waals surface area contributed by atoms with E-state index in [0.717, 1.165) is 12.8 Å². The maximum absolute atomic E-state index is 6.22. The van der Waals surface area contributed by atoms with Crippen LogP contribution in [0.15, 0.2) is 0 Å². The molecule has 0 bridgehead atoms. The first kappa shape index (κ1) is 18.6. The number of ether oxygens (including phenoxy) is 1. The molecule has 0 rings (SSSR count). The van der Waals surface area contributed by atoms with Crippen molar-refractivity contribution < 1.29 is 4.74 Å². The summed E-state index contributed by atoms with van der Waals surface area (Å²) < 4.78 is 5.72. The molecular weight excluding hydrogens is 334 g/mol. The third kappa shape index (κ3) is 7.65. The zero-order valence-electron chi connectivity index (χ0n) is 10.9. The van der Waals surface area contributed by atoms with Gasteiger partial charge in [-0.25, -0.2) is 0 Å². The van der Waals surface area contributed by atoms with Gasteiger partial charge in [0.15, 0.2) is 0 Å². The molecule has 0 aromatic heterocycles. The highest BCUT2D eigenvalue weighted by molar-refractivity contribution is 7.45. The van der Waals surface area contributed by atoms with Crippen LogP contribution in [0.25, 0.3) is 0 Å². The number of hydrogen-bond donors (Lipinski definition) is 0. The van der Waals surface area contributed by atoms with E-state index in [9.17, 15) is 0 Å². The van der Waals surface area contributed by atoms with Crippen LogP contribution in [0.3, 0.4) is 0 Å². The molecule has 2 unspecified atom stereocenters. The van der Waals surface area contributed by atoms with Crippen LogP contribution in [0.4, 0.5) is 0 Å². The zero-order valence-corrected chi connectivity index (χ0v) is 15.9. The van der Waals surface area contributed by atoms with E-state index in [0.29, 0.717) is 13.2 Å². The minimum Gasteiger partial charge on any atom is -0.381 e. The highest BCUT2D eigenvalue weighted by Gasteiger charge is 2.34. The molecular formula is C10H22Cl4OSi2. The van der Waals surface area contributed by atoms with Crippen LogP contribution in [0.2, 0.25) is 24.2 Å². The van der Waals surface area contributed by atoms with Gasteiger partial charge in [0.05, 0.1) is 0 Å². The van der Waals surface area contributed by atoms with Crippen LogP contribution in [0.5, 0.6) is 0 Å². The van der Waals surface area contributed by atoms with E-state index >= 15 is 0 Å². The van der Waals surface area contributed by atoms with Gasteiger partial charge in [0.2, 0.25) is 0 Å². The minimum absolute atomic E-state index is 0.266. The molecule has 0 aromatic rings. The second-order valence-corrected chi connectivity index (χ2v) is 20.7. The Labute approximate surface area is 126 Å². The molecule has 17 heavy (non-hydrogen) atoms. The molecule has 7 heteroatoms. The van der Waals surface area contributed by atoms with Gasteiger partial charge in [-0.1, -0.05) is 26.7 Å². The van der Waals surface area contributed by atoms with Crippen molar-refractivity contribution in [3.05, 3.63) is 0 Å². The predicted molar refractivity (Wildman–Crippen MR) is 85.5 cm³/mol. The molecule has 0 heterocycles. The fourth-order valence-corrected chi connectivity index (χ4v) is 6.46. The van der Waals surface area contributed by atoms with Crippen LogP contribution < -0.4 is 0 Å². The molecule has 0 aliphatic heterocycles. The lowest BCUT2D eigenvalue weighted by atomic mass is 10.3. The Hall–Kier alpha value is 1.55. The molecule has 104 valence electrons. The van der Waals surface area contributed by atoms with Gasteiger partial charge in [-0.05, 0) is 13.1 Å². The van der Waals surface area contributed by atoms with Crippen molar-refractivity contribution in [1.29, 1.82) is 0 Å². The van der Waals surface area contributed by atoms with E-state index in [1.807, 2.05) is 13.1 Å². The van der Waals surface area contributed by atoms with E-state index in [1.165, 1.54) is 0 Å². The van der Waals surface area contributed by atoms with E-state index in [4.69, 9.17) is 49.1 Å². The summed E-state index contributed by atoms with van der Waals surface area (Å²) in [6, 6.07) is 0. The fraction of sp³-hybridized carbons (Fsp3) is 1.00. The fourth-order valence-electron chi connectivity index (χ4n) is 1.60. The maximum Gasteiger partial charge on any atom is 0.253 e. The van der Waals surface area contributed by atoms with Crippen LogP contribution in [0, 0.1) is 0 Å². The van der Waals surface area contributed by atoms with Crippen LogP contribution >= 0.6 is 44.3 Å². The van der Waals surface area contributed by atoms with Crippen molar-refractivity contribution in [3.8, 4) is 0 Å². The second-order valence-electron chi connectivity index (χ2n) is 4.66. The molecule has 0 saturated heterocycles. The molecule has 0 N–H and O–H groups in total. The van der Waals surface area contributed by atoms with E-state index in [2.05, 4.69) is 13.8 Å². The average molecular weight is 356 g/mol. The first-order valence-corrected chi connectivity index (χ1v) is 15.2. The van der Waals surface area contributed by atoms with Gasteiger partial charge in [-0.15, -0.1) is 44.3 Å². The first-order valence-electron chi connectivity index (χ1n) is 5.96. The smallest absolute Gasteiger partial charge is 0.253 e. The van der Waals surface area contributed by atoms with Gasteiger partial charge in [0.25, 0.3) is 13.4 Å². The zero-order chi connectivity index (χ0) is 13.7. The minimum atomic E-state index is -2.15. The lowest BCUT2D eigenvalue weighted by Gasteiger charge is -2.26. The number of rotatable bonds is 8. The molecule has 0 radical (unpaired) electrons. The molecule has 0 amide bonds. The third-order valence-electron chi connectivity index (χ3n) is 3.06. The monoisotopic (exact) mass is 354 g/mol. The van der Waals surface area contributed by atoms with Gasteiger partial charge in [0, 0.05) is 24.3 Å². The average Bonchev–Trinajstić information content (AvgIpc) is 2.13. The van der Waals surface area contributed by atoms with E-state index < -0.39 is 13.4 Å². The summed E-state index contributed by atoms with van der Waals surface area (Å²) in [6.07, 6.45) is 1.89. The highest BCUT2D eigenvalue weighted by atomic mass is 35.7. The maximum atomic E-state index is 6.22. The SMILES string of the molecule is CCC(COCC(CC)[Si](C)(Cl)Cl)[Si](C)(Cl)Cl. The summed E-state index contributed by atoms with van der Waals surface area (Å²) in [5, 5.41) is 0. The van der Waals surface area contributed by atoms with Gasteiger partial charge in [-0.2, -0.15) is 0 Å². The normalized spacial score (nSPS) is 16.9. The quantitative estimate of drug-likeness (QED) is 0.403. The Morgan fingerprint density at radius 2 is 1.12 bits per heavy atom. The lowest BCUT2D eigenvalue weighted by molar-refractivity contribution is 0.127. The largest absolute Gasteiger partial charge is 0.381 e. The van der Waals surface area contributed by atoms with Gasteiger partial charge >= 0.3 is 0 Å². The van der Waals surface area contributed by atoms with E-state index in [1.54, 1.807) is 0 Å². The third-order valence-corrected chi connectivity index (χ3v) is 10.8. The summed E-state index contributed by atoms with van der Waals surface area (Å²) in [6.45, 7) is 4.97. The Kier molecular flexibility index (Phi) is 8.71. The Balaban J connectivity index is 4.13. The number of hydrogen-bond acceptors (Lipinski definition) is 1. The molecule has 0 aromatic carbocycles. The Bertz CT molecular complexity index is 193. The molecule has 0 saturated carbocycles. The van der Waals surface area contributed by atoms with Crippen molar-refractivity contribution in [2.75, 3.05) is 13.2 Å². The Morgan fingerprint density at radius 3 is 1.29 bits per heavy atom. The molecule has 1 nitrogen and oxygen atoms in total. The van der Waals surface area contributed by atoms with Gasteiger partial charge in [-0.3, -0.25) is 0 Å². The molecule has 0 fully saturated rings. The van der Waals surface area contributed by atoms with Crippen molar-refractivity contribution >= 4 is 57.7 Å². The van der Waals surface area contributed by atoms with Crippen molar-refractivity contribution in [1.82, 2.24) is 0 Å². The standard InChI is InChI=1S/C10H22Cl4OSi2/c1-5-9(16(3,11)12)7-15-8-10(6-2)17(4,13)14/h9-10H,5-8H2,1-4H3. The summed E-state index contributed by atoms with van der Waals surface area (Å²) in [4.78, 5) is 0. The van der Waals surface area contributed by atoms with Crippen molar-refractivity contribution in [2.45, 2.75) is 50.9 Å². The molecule has 0 aliphatic rings. The predicted octanol–water partition coefficient (Wildman–Crippen LogP) is 5.66. The molecule has 2 atom stereocenters. The summed E-state index contributed by atoms with van der Waals surface area (Å²) in [5.74, 6) is 0. The summed E-state index contributed by atoms with van der Waals surface area (Å²) in [7, 11) is 0. The lowest BCUT2D eigenvalue weighted by Crippen LogP contribution is -2.29. The van der Waals surface area contributed by atoms with Gasteiger partial charge in [0.1, 0.15) is 0 Å². The van der Waals surface area contributed by atoms with Crippen LogP contribution in [-0.2, 0) is 4.74 Å². The topological polar surface area (TPSA) is 9.23 Å². The Morgan fingerprint density at radius 1 is 0.824 bits per heavy atom. The highest BCUT2D eigenvalue weighted by Crippen LogP contribution is 2.35. The first-order chi connectivity index (χ1) is 7.62. The summed E-state index contributed by atoms with van der Waals surface area (Å²) in [5.41, 5.74) is 0.531. The van der Waals surface area contributed by atoms with Gasteiger partial charge < -0.3 is 4.74 Å². The molecule has 0 spiro atoms. The number of halogens is 4. The van der Waals surface area contributed by atoms with Crippen LogP contribution in [0.1, 0.15) is 26.7 Å². The van der Waals surface area contributed by atoms with Crippen molar-refractivity contribution in [2.24, 2.45) is 0 Å². The van der Waals surface area contributed by atoms with E-state index in [-0.39, 0.29) is 11.1 Å². The second kappa shape index (κ2) is 7.98. The van der Waals surface area contributed by atoms with Crippen molar-refractivity contribution in [3.63, 3.8) is 0 Å². The summed E-state index contributed by atoms with van der Waals surface area (Å²) >= 11 is 24.9. The molecule has 0 aliphatic carbocycles. The van der Waals surface area contributed by atoms with Crippen LogP contribution in [-0.4, -0.2) is 26.6 Å².